The van der Waals surface area contributed by atoms with Crippen LogP contribution >= 0.6 is 0 Å². The lowest BCUT2D eigenvalue weighted by Crippen LogP contribution is -2.41. The Morgan fingerprint density at radius 3 is 2.81 bits per heavy atom. The first-order valence-electron chi connectivity index (χ1n) is 7.78. The molecule has 3 atom stereocenters. The van der Waals surface area contributed by atoms with Crippen LogP contribution in [0.1, 0.15) is 38.4 Å². The molecule has 4 nitrogen and oxygen atoms in total. The third-order valence-electron chi connectivity index (χ3n) is 3.99. The van der Waals surface area contributed by atoms with E-state index in [-0.39, 0.29) is 11.7 Å². The number of rotatable bonds is 8. The largest absolute Gasteiger partial charge is 0.389 e. The van der Waals surface area contributed by atoms with E-state index in [0.717, 1.165) is 31.6 Å². The van der Waals surface area contributed by atoms with E-state index in [9.17, 15) is 5.11 Å². The van der Waals surface area contributed by atoms with E-state index >= 15 is 0 Å². The summed E-state index contributed by atoms with van der Waals surface area (Å²) >= 11 is 0. The van der Waals surface area contributed by atoms with E-state index in [1.54, 1.807) is 0 Å². The lowest BCUT2D eigenvalue weighted by atomic mass is 10.0. The molecule has 4 heteroatoms. The van der Waals surface area contributed by atoms with Crippen molar-refractivity contribution in [2.24, 2.45) is 0 Å². The second kappa shape index (κ2) is 7.90. The first-order valence-corrected chi connectivity index (χ1v) is 7.78. The van der Waals surface area contributed by atoms with E-state index in [1.165, 1.54) is 0 Å². The van der Waals surface area contributed by atoms with Gasteiger partial charge in [0.25, 0.3) is 0 Å². The van der Waals surface area contributed by atoms with E-state index < -0.39 is 6.10 Å². The molecule has 0 bridgehead atoms. The van der Waals surface area contributed by atoms with Crippen molar-refractivity contribution in [1.82, 2.24) is 5.32 Å². The molecule has 21 heavy (non-hydrogen) atoms. The van der Waals surface area contributed by atoms with Gasteiger partial charge >= 0.3 is 0 Å². The maximum atomic E-state index is 9.97. The number of hydrogen-bond acceptors (Lipinski definition) is 4. The van der Waals surface area contributed by atoms with Gasteiger partial charge < -0.3 is 19.9 Å². The first-order chi connectivity index (χ1) is 10.1. The highest BCUT2D eigenvalue weighted by atomic mass is 16.5. The monoisotopic (exact) mass is 293 g/mol. The van der Waals surface area contributed by atoms with Gasteiger partial charge in [0.2, 0.25) is 0 Å². The average molecular weight is 293 g/mol. The van der Waals surface area contributed by atoms with Crippen molar-refractivity contribution in [3.8, 4) is 0 Å². The highest BCUT2D eigenvalue weighted by Crippen LogP contribution is 2.23. The first kappa shape index (κ1) is 16.4. The maximum Gasteiger partial charge on any atom is 0.0898 e. The molecule has 1 heterocycles. The van der Waals surface area contributed by atoms with Gasteiger partial charge in [0.05, 0.1) is 24.4 Å². The summed E-state index contributed by atoms with van der Waals surface area (Å²) in [5.41, 5.74) is 1.06. The SMILES string of the molecule is CC(OCC(O)CNCC1(C)CCCO1)c1ccccc1. The fourth-order valence-electron chi connectivity index (χ4n) is 2.61. The fourth-order valence-corrected chi connectivity index (χ4v) is 2.61. The topological polar surface area (TPSA) is 50.7 Å². The molecule has 0 saturated carbocycles. The lowest BCUT2D eigenvalue weighted by molar-refractivity contribution is -0.00886. The zero-order chi connectivity index (χ0) is 15.1. The van der Waals surface area contributed by atoms with Crippen molar-refractivity contribution in [2.75, 3.05) is 26.3 Å². The smallest absolute Gasteiger partial charge is 0.0898 e. The molecule has 0 spiro atoms. The van der Waals surface area contributed by atoms with Crippen LogP contribution in [0.2, 0.25) is 0 Å². The van der Waals surface area contributed by atoms with Gasteiger partial charge in [0.15, 0.2) is 0 Å². The Morgan fingerprint density at radius 2 is 2.14 bits per heavy atom. The van der Waals surface area contributed by atoms with E-state index in [2.05, 4.69) is 12.2 Å². The standard InChI is InChI=1S/C17H27NO3/c1-14(15-7-4-3-5-8-15)20-12-16(19)11-18-13-17(2)9-6-10-21-17/h3-5,7-8,14,16,18-19H,6,9-13H2,1-2H3. The van der Waals surface area contributed by atoms with Crippen LogP contribution in [0, 0.1) is 0 Å². The van der Waals surface area contributed by atoms with Crippen LogP contribution in [-0.4, -0.2) is 43.1 Å². The van der Waals surface area contributed by atoms with Crippen molar-refractivity contribution < 1.29 is 14.6 Å². The van der Waals surface area contributed by atoms with Gasteiger partial charge in [-0.05, 0) is 32.3 Å². The highest BCUT2D eigenvalue weighted by molar-refractivity contribution is 5.16. The average Bonchev–Trinajstić information content (AvgIpc) is 2.92. The molecule has 0 aliphatic carbocycles. The Balaban J connectivity index is 1.62. The molecule has 0 amide bonds. The Hall–Kier alpha value is -0.940. The quantitative estimate of drug-likeness (QED) is 0.772. The van der Waals surface area contributed by atoms with Crippen LogP contribution in [0.4, 0.5) is 0 Å². The molecular formula is C17H27NO3. The predicted molar refractivity (Wildman–Crippen MR) is 83.3 cm³/mol. The summed E-state index contributed by atoms with van der Waals surface area (Å²) in [6, 6.07) is 10.0. The van der Waals surface area contributed by atoms with Gasteiger partial charge in [-0.2, -0.15) is 0 Å². The molecule has 1 aliphatic heterocycles. The molecular weight excluding hydrogens is 266 g/mol. The summed E-state index contributed by atoms with van der Waals surface area (Å²) in [6.07, 6.45) is 1.70. The molecule has 0 radical (unpaired) electrons. The van der Waals surface area contributed by atoms with Gasteiger partial charge in [-0.15, -0.1) is 0 Å². The van der Waals surface area contributed by atoms with Crippen LogP contribution < -0.4 is 5.32 Å². The van der Waals surface area contributed by atoms with Crippen LogP contribution in [0.5, 0.6) is 0 Å². The summed E-state index contributed by atoms with van der Waals surface area (Å²) < 4.78 is 11.4. The summed E-state index contributed by atoms with van der Waals surface area (Å²) in [5.74, 6) is 0. The fraction of sp³-hybridized carbons (Fsp3) is 0.647. The van der Waals surface area contributed by atoms with Crippen molar-refractivity contribution in [3.05, 3.63) is 35.9 Å². The van der Waals surface area contributed by atoms with Gasteiger partial charge in [0.1, 0.15) is 0 Å². The summed E-state index contributed by atoms with van der Waals surface area (Å²) in [7, 11) is 0. The minimum absolute atomic E-state index is 0.00321. The van der Waals surface area contributed by atoms with E-state index in [4.69, 9.17) is 9.47 Å². The van der Waals surface area contributed by atoms with Crippen LogP contribution in [0.3, 0.4) is 0 Å². The zero-order valence-electron chi connectivity index (χ0n) is 13.0. The number of aliphatic hydroxyl groups excluding tert-OH is 1. The zero-order valence-corrected chi connectivity index (χ0v) is 13.0. The molecule has 0 aromatic heterocycles. The van der Waals surface area contributed by atoms with Crippen molar-refractivity contribution in [3.63, 3.8) is 0 Å². The predicted octanol–water partition coefficient (Wildman–Crippen LogP) is 2.28. The summed E-state index contributed by atoms with van der Waals surface area (Å²) in [4.78, 5) is 0. The second-order valence-corrected chi connectivity index (χ2v) is 6.07. The van der Waals surface area contributed by atoms with Gasteiger partial charge in [0, 0.05) is 19.7 Å². The summed E-state index contributed by atoms with van der Waals surface area (Å²) in [6.45, 7) is 6.61. The van der Waals surface area contributed by atoms with Crippen LogP contribution in [0.15, 0.2) is 30.3 Å². The summed E-state index contributed by atoms with van der Waals surface area (Å²) in [5, 5.41) is 13.3. The van der Waals surface area contributed by atoms with Crippen LogP contribution in [0.25, 0.3) is 0 Å². The van der Waals surface area contributed by atoms with E-state index in [1.807, 2.05) is 37.3 Å². The normalized spacial score (nSPS) is 24.9. The van der Waals surface area contributed by atoms with E-state index in [0.29, 0.717) is 13.2 Å². The van der Waals surface area contributed by atoms with Crippen molar-refractivity contribution >= 4 is 0 Å². The van der Waals surface area contributed by atoms with Gasteiger partial charge in [-0.3, -0.25) is 0 Å². The number of nitrogens with one attached hydrogen (secondary N) is 1. The minimum atomic E-state index is -0.499. The number of aliphatic hydroxyl groups is 1. The molecule has 118 valence electrons. The maximum absolute atomic E-state index is 9.97. The molecule has 1 aromatic carbocycles. The molecule has 1 fully saturated rings. The third kappa shape index (κ3) is 5.40. The molecule has 1 saturated heterocycles. The van der Waals surface area contributed by atoms with Crippen LogP contribution in [-0.2, 0) is 9.47 Å². The third-order valence-corrected chi connectivity index (χ3v) is 3.99. The second-order valence-electron chi connectivity index (χ2n) is 6.07. The molecule has 2 N–H and O–H groups in total. The number of benzene rings is 1. The molecule has 3 unspecified atom stereocenters. The molecule has 1 aromatic rings. The Labute approximate surface area is 127 Å². The van der Waals surface area contributed by atoms with Crippen molar-refractivity contribution in [2.45, 2.75) is 44.5 Å². The Kier molecular flexibility index (Phi) is 6.18. The molecule has 2 rings (SSSR count). The van der Waals surface area contributed by atoms with Gasteiger partial charge in [-0.25, -0.2) is 0 Å². The minimum Gasteiger partial charge on any atom is -0.389 e. The van der Waals surface area contributed by atoms with Crippen molar-refractivity contribution in [1.29, 1.82) is 0 Å². The number of ether oxygens (including phenoxy) is 2. The van der Waals surface area contributed by atoms with Gasteiger partial charge in [-0.1, -0.05) is 30.3 Å². The highest BCUT2D eigenvalue weighted by Gasteiger charge is 2.29. The number of hydrogen-bond donors (Lipinski definition) is 2. The Bertz CT molecular complexity index is 404. The Morgan fingerprint density at radius 1 is 1.38 bits per heavy atom. The molecule has 1 aliphatic rings. The lowest BCUT2D eigenvalue weighted by Gasteiger charge is -2.24.